The fraction of sp³-hybridized carbons (Fsp3) is 0.429. The highest BCUT2D eigenvalue weighted by atomic mass is 32.2. The molecule has 1 N–H and O–H groups in total. The molecule has 1 amide bonds. The van der Waals surface area contributed by atoms with Crippen LogP contribution in [0.4, 0.5) is 5.00 Å². The summed E-state index contributed by atoms with van der Waals surface area (Å²) in [7, 11) is 1.89. The van der Waals surface area contributed by atoms with Gasteiger partial charge in [-0.15, -0.1) is 32.9 Å². The molecule has 0 fully saturated rings. The zero-order valence-electron chi connectivity index (χ0n) is 17.5. The van der Waals surface area contributed by atoms with Gasteiger partial charge in [-0.2, -0.15) is 0 Å². The molecule has 0 bridgehead atoms. The first-order valence-electron chi connectivity index (χ1n) is 10.3. The summed E-state index contributed by atoms with van der Waals surface area (Å²) in [6.45, 7) is 2.11. The number of amides is 1. The lowest BCUT2D eigenvalue weighted by atomic mass is 10.1. The lowest BCUT2D eigenvalue weighted by molar-refractivity contribution is -0.113. The van der Waals surface area contributed by atoms with Crippen LogP contribution >= 0.6 is 34.4 Å². The van der Waals surface area contributed by atoms with Gasteiger partial charge in [-0.25, -0.2) is 4.79 Å². The first-order chi connectivity index (χ1) is 15.1. The molecule has 4 rings (SSSR count). The molecule has 1 aliphatic carbocycles. The van der Waals surface area contributed by atoms with Crippen molar-refractivity contribution in [1.82, 2.24) is 14.8 Å². The van der Waals surface area contributed by atoms with Gasteiger partial charge in [0.05, 0.1) is 22.8 Å². The van der Waals surface area contributed by atoms with E-state index in [-0.39, 0.29) is 17.6 Å². The van der Waals surface area contributed by atoms with Crippen molar-refractivity contribution < 1.29 is 14.3 Å². The molecule has 0 atom stereocenters. The summed E-state index contributed by atoms with van der Waals surface area (Å²) >= 11 is 4.43. The lowest BCUT2D eigenvalue weighted by Gasteiger charge is -2.08. The van der Waals surface area contributed by atoms with E-state index in [0.717, 1.165) is 48.4 Å². The van der Waals surface area contributed by atoms with Crippen LogP contribution in [0.1, 0.15) is 47.0 Å². The maximum absolute atomic E-state index is 12.7. The van der Waals surface area contributed by atoms with E-state index in [2.05, 4.69) is 15.5 Å². The average molecular weight is 477 g/mol. The summed E-state index contributed by atoms with van der Waals surface area (Å²) in [5, 5.41) is 14.7. The van der Waals surface area contributed by atoms with Crippen molar-refractivity contribution in [2.24, 2.45) is 7.05 Å². The molecule has 3 heterocycles. The van der Waals surface area contributed by atoms with Crippen LogP contribution in [0.3, 0.4) is 0 Å². The van der Waals surface area contributed by atoms with E-state index in [4.69, 9.17) is 4.74 Å². The van der Waals surface area contributed by atoms with Crippen LogP contribution in [0.15, 0.2) is 22.7 Å². The second-order valence-electron chi connectivity index (χ2n) is 7.17. The van der Waals surface area contributed by atoms with Gasteiger partial charge in [0.2, 0.25) is 5.91 Å². The molecule has 3 aromatic heterocycles. The molecule has 7 nitrogen and oxygen atoms in total. The standard InChI is InChI=1S/C21H24N4O3S3/c1-3-28-20(27)17-13-8-5-4-6-9-14(13)31-19(17)22-16(26)12-30-21-24-23-18(25(21)2)15-10-7-11-29-15/h7,10-11H,3-6,8-9,12H2,1-2H3,(H,22,26). The third kappa shape index (κ3) is 4.86. The topological polar surface area (TPSA) is 86.1 Å². The molecule has 0 unspecified atom stereocenters. The van der Waals surface area contributed by atoms with E-state index in [1.807, 2.05) is 29.1 Å². The van der Waals surface area contributed by atoms with E-state index in [0.29, 0.717) is 22.3 Å². The smallest absolute Gasteiger partial charge is 0.341 e. The maximum Gasteiger partial charge on any atom is 0.341 e. The molecule has 0 saturated carbocycles. The summed E-state index contributed by atoms with van der Waals surface area (Å²) in [5.74, 6) is 0.442. The van der Waals surface area contributed by atoms with Crippen molar-refractivity contribution >= 4 is 51.3 Å². The number of thioether (sulfide) groups is 1. The zero-order chi connectivity index (χ0) is 21.8. The fourth-order valence-electron chi connectivity index (χ4n) is 3.60. The number of aryl methyl sites for hydroxylation is 1. The minimum absolute atomic E-state index is 0.173. The molecule has 0 saturated heterocycles. The Balaban J connectivity index is 1.47. The van der Waals surface area contributed by atoms with Gasteiger partial charge in [0.25, 0.3) is 0 Å². The first-order valence-corrected chi connectivity index (χ1v) is 12.9. The molecule has 0 aromatic carbocycles. The van der Waals surface area contributed by atoms with E-state index < -0.39 is 0 Å². The fourth-order valence-corrected chi connectivity index (χ4v) is 6.35. The van der Waals surface area contributed by atoms with Gasteiger partial charge < -0.3 is 14.6 Å². The highest BCUT2D eigenvalue weighted by Gasteiger charge is 2.26. The quantitative estimate of drug-likeness (QED) is 0.300. The van der Waals surface area contributed by atoms with Crippen LogP contribution in [0.25, 0.3) is 10.7 Å². The molecule has 1 aliphatic rings. The highest BCUT2D eigenvalue weighted by molar-refractivity contribution is 7.99. The largest absolute Gasteiger partial charge is 0.462 e. The number of aromatic nitrogens is 3. The second kappa shape index (κ2) is 9.97. The molecule has 164 valence electrons. The average Bonchev–Trinajstić information content (AvgIpc) is 3.43. The SMILES string of the molecule is CCOC(=O)c1c(NC(=O)CSc2nnc(-c3cccs3)n2C)sc2c1CCCCC2. The first kappa shape index (κ1) is 22.0. The zero-order valence-corrected chi connectivity index (χ0v) is 19.9. The van der Waals surface area contributed by atoms with Crippen molar-refractivity contribution in [3.8, 4) is 10.7 Å². The Hall–Kier alpha value is -2.17. The number of rotatable bonds is 7. The number of nitrogens with one attached hydrogen (secondary N) is 1. The Labute approximate surface area is 193 Å². The van der Waals surface area contributed by atoms with Gasteiger partial charge in [-0.1, -0.05) is 24.2 Å². The molecule has 10 heteroatoms. The van der Waals surface area contributed by atoms with Gasteiger partial charge in [-0.3, -0.25) is 4.79 Å². The Morgan fingerprint density at radius 1 is 1.26 bits per heavy atom. The Kier molecular flexibility index (Phi) is 7.09. The Morgan fingerprint density at radius 2 is 2.10 bits per heavy atom. The summed E-state index contributed by atoms with van der Waals surface area (Å²) in [4.78, 5) is 27.6. The van der Waals surface area contributed by atoms with Crippen LogP contribution in [0.5, 0.6) is 0 Å². The number of thiophene rings is 2. The van der Waals surface area contributed by atoms with Gasteiger partial charge in [0, 0.05) is 11.9 Å². The van der Waals surface area contributed by atoms with Crippen molar-refractivity contribution in [3.05, 3.63) is 33.5 Å². The predicted octanol–water partition coefficient (Wildman–Crippen LogP) is 4.78. The maximum atomic E-state index is 12.7. The van der Waals surface area contributed by atoms with Crippen LogP contribution in [0.2, 0.25) is 0 Å². The second-order valence-corrected chi connectivity index (χ2v) is 10.2. The lowest BCUT2D eigenvalue weighted by Crippen LogP contribution is -2.17. The van der Waals surface area contributed by atoms with Gasteiger partial charge >= 0.3 is 5.97 Å². The third-order valence-corrected chi connectivity index (χ3v) is 8.16. The number of carbonyl (C=O) groups excluding carboxylic acids is 2. The number of fused-ring (bicyclic) bond motifs is 1. The van der Waals surface area contributed by atoms with Gasteiger partial charge in [0.1, 0.15) is 5.00 Å². The van der Waals surface area contributed by atoms with Crippen molar-refractivity contribution in [2.45, 2.75) is 44.2 Å². The minimum atomic E-state index is -0.348. The van der Waals surface area contributed by atoms with Crippen molar-refractivity contribution in [3.63, 3.8) is 0 Å². The number of carbonyl (C=O) groups is 2. The van der Waals surface area contributed by atoms with Crippen molar-refractivity contribution in [1.29, 1.82) is 0 Å². The number of hydrogen-bond acceptors (Lipinski definition) is 8. The number of ether oxygens (including phenoxy) is 1. The van der Waals surface area contributed by atoms with Crippen LogP contribution in [-0.2, 0) is 29.4 Å². The Bertz CT molecular complexity index is 1070. The minimum Gasteiger partial charge on any atom is -0.462 e. The highest BCUT2D eigenvalue weighted by Crippen LogP contribution is 2.38. The Morgan fingerprint density at radius 3 is 2.87 bits per heavy atom. The predicted molar refractivity (Wildman–Crippen MR) is 125 cm³/mol. The van der Waals surface area contributed by atoms with Crippen LogP contribution < -0.4 is 5.32 Å². The molecule has 0 radical (unpaired) electrons. The summed E-state index contributed by atoms with van der Waals surface area (Å²) < 4.78 is 7.18. The summed E-state index contributed by atoms with van der Waals surface area (Å²) in [6, 6.07) is 3.96. The van der Waals surface area contributed by atoms with Crippen molar-refractivity contribution in [2.75, 3.05) is 17.7 Å². The van der Waals surface area contributed by atoms with E-state index in [9.17, 15) is 9.59 Å². The third-order valence-electron chi connectivity index (χ3n) is 5.06. The van der Waals surface area contributed by atoms with E-state index >= 15 is 0 Å². The number of nitrogens with zero attached hydrogens (tertiary/aromatic N) is 3. The van der Waals surface area contributed by atoms with Gasteiger partial charge in [-0.05, 0) is 49.6 Å². The number of anilines is 1. The molecule has 0 spiro atoms. The summed E-state index contributed by atoms with van der Waals surface area (Å²) in [6.07, 6.45) is 5.12. The van der Waals surface area contributed by atoms with Crippen LogP contribution in [-0.4, -0.2) is 39.0 Å². The van der Waals surface area contributed by atoms with E-state index in [1.165, 1.54) is 28.0 Å². The van der Waals surface area contributed by atoms with Crippen LogP contribution in [0, 0.1) is 0 Å². The molecule has 31 heavy (non-hydrogen) atoms. The molecule has 3 aromatic rings. The van der Waals surface area contributed by atoms with Gasteiger partial charge in [0.15, 0.2) is 11.0 Å². The monoisotopic (exact) mass is 476 g/mol. The number of esters is 1. The molecular formula is C21H24N4O3S3. The molecular weight excluding hydrogens is 452 g/mol. The molecule has 0 aliphatic heterocycles. The summed E-state index contributed by atoms with van der Waals surface area (Å²) in [5.41, 5.74) is 1.60. The normalized spacial score (nSPS) is 13.5. The number of hydrogen-bond donors (Lipinski definition) is 1. The van der Waals surface area contributed by atoms with E-state index in [1.54, 1.807) is 18.3 Å².